The Hall–Kier alpha value is -3.01. The maximum absolute atomic E-state index is 12.8. The third-order valence-electron chi connectivity index (χ3n) is 10.0. The highest BCUT2D eigenvalue weighted by Gasteiger charge is 2.25. The number of hydrogen-bond donors (Lipinski definition) is 1. The lowest BCUT2D eigenvalue weighted by Crippen LogP contribution is -2.40. The molecular weight excluding hydrogens is 755 g/mol. The van der Waals surface area contributed by atoms with Gasteiger partial charge in [-0.3, -0.25) is 9.59 Å². The molecule has 0 aromatic carbocycles. The van der Waals surface area contributed by atoms with Gasteiger partial charge in [0, 0.05) is 12.8 Å². The van der Waals surface area contributed by atoms with E-state index in [0.717, 1.165) is 103 Å². The highest BCUT2D eigenvalue weighted by Crippen LogP contribution is 2.13. The topological polar surface area (TPSA) is 108 Å². The van der Waals surface area contributed by atoms with E-state index in [1.807, 2.05) is 21.1 Å². The number of ether oxygens (including phenoxy) is 4. The molecular formula is C51H90NO8+. The van der Waals surface area contributed by atoms with E-state index in [1.165, 1.54) is 51.4 Å². The van der Waals surface area contributed by atoms with Crippen molar-refractivity contribution in [2.75, 3.05) is 47.5 Å². The van der Waals surface area contributed by atoms with Gasteiger partial charge in [0.2, 0.25) is 0 Å². The fourth-order valence-corrected chi connectivity index (χ4v) is 6.29. The van der Waals surface area contributed by atoms with Crippen LogP contribution in [0.1, 0.15) is 187 Å². The van der Waals surface area contributed by atoms with Crippen molar-refractivity contribution >= 4 is 17.9 Å². The van der Waals surface area contributed by atoms with Crippen LogP contribution in [-0.2, 0) is 33.3 Å². The van der Waals surface area contributed by atoms with E-state index in [1.54, 1.807) is 0 Å². The standard InChI is InChI=1S/C51H89NO8/c1-6-8-10-12-14-16-18-20-22-24-25-26-28-30-32-34-36-38-40-42-49(54)60-47(46-59-51(50(55)56)57-44-43-52(3,4)5)45-58-48(53)41-39-37-35-33-31-29-27-23-21-19-17-15-13-11-9-7-2/h8,10,14,16,20,22-23,25-27,47,51H,6-7,9,11-13,15,17-19,21,24,28-46H2,1-5H3/p+1/b10-8-,16-14-,22-20-,26-25-,27-23-. The zero-order valence-corrected chi connectivity index (χ0v) is 39.1. The molecule has 0 aliphatic heterocycles. The number of carbonyl (C=O) groups is 3. The molecule has 0 saturated carbocycles. The van der Waals surface area contributed by atoms with Crippen LogP contribution in [-0.4, -0.2) is 87.4 Å². The lowest BCUT2D eigenvalue weighted by atomic mass is 10.1. The van der Waals surface area contributed by atoms with Crippen molar-refractivity contribution in [2.45, 2.75) is 200 Å². The molecule has 346 valence electrons. The zero-order valence-electron chi connectivity index (χ0n) is 39.1. The molecule has 0 bridgehead atoms. The number of hydrogen-bond acceptors (Lipinski definition) is 7. The van der Waals surface area contributed by atoms with Gasteiger partial charge in [0.15, 0.2) is 6.10 Å². The van der Waals surface area contributed by atoms with Gasteiger partial charge in [0.25, 0.3) is 6.29 Å². The number of rotatable bonds is 43. The maximum atomic E-state index is 12.8. The largest absolute Gasteiger partial charge is 0.477 e. The lowest BCUT2D eigenvalue weighted by Gasteiger charge is -2.25. The number of carbonyl (C=O) groups excluding carboxylic acids is 2. The van der Waals surface area contributed by atoms with E-state index in [0.29, 0.717) is 17.4 Å². The van der Waals surface area contributed by atoms with Gasteiger partial charge in [-0.2, -0.15) is 0 Å². The van der Waals surface area contributed by atoms with Crippen molar-refractivity contribution in [3.63, 3.8) is 0 Å². The molecule has 0 aromatic rings. The number of nitrogens with zero attached hydrogens (tertiary/aromatic N) is 1. The fraction of sp³-hybridized carbons (Fsp3) is 0.745. The van der Waals surface area contributed by atoms with Crippen LogP contribution >= 0.6 is 0 Å². The number of quaternary nitrogens is 1. The molecule has 0 rings (SSSR count). The molecule has 0 aromatic heterocycles. The smallest absolute Gasteiger partial charge is 0.361 e. The number of esters is 2. The maximum Gasteiger partial charge on any atom is 0.361 e. The van der Waals surface area contributed by atoms with Crippen molar-refractivity contribution < 1.29 is 42.9 Å². The molecule has 0 heterocycles. The molecule has 0 aliphatic carbocycles. The van der Waals surface area contributed by atoms with Gasteiger partial charge >= 0.3 is 17.9 Å². The predicted octanol–water partition coefficient (Wildman–Crippen LogP) is 12.9. The Morgan fingerprint density at radius 2 is 0.950 bits per heavy atom. The molecule has 2 unspecified atom stereocenters. The first-order valence-electron chi connectivity index (χ1n) is 24.0. The van der Waals surface area contributed by atoms with Gasteiger partial charge < -0.3 is 28.5 Å². The predicted molar refractivity (Wildman–Crippen MR) is 249 cm³/mol. The Balaban J connectivity index is 4.44. The van der Waals surface area contributed by atoms with Crippen LogP contribution in [0.25, 0.3) is 0 Å². The van der Waals surface area contributed by atoms with E-state index in [-0.39, 0.29) is 38.6 Å². The number of carboxylic acids is 1. The number of unbranched alkanes of at least 4 members (excludes halogenated alkanes) is 18. The van der Waals surface area contributed by atoms with E-state index >= 15 is 0 Å². The van der Waals surface area contributed by atoms with Crippen LogP contribution in [0.15, 0.2) is 60.8 Å². The molecule has 60 heavy (non-hydrogen) atoms. The van der Waals surface area contributed by atoms with Crippen LogP contribution in [0, 0.1) is 0 Å². The number of allylic oxidation sites excluding steroid dienone is 10. The second-order valence-corrected chi connectivity index (χ2v) is 17.0. The highest BCUT2D eigenvalue weighted by molar-refractivity contribution is 5.71. The number of aliphatic carboxylic acids is 1. The number of carboxylic acid groups (broad SMARTS) is 1. The van der Waals surface area contributed by atoms with Gasteiger partial charge in [-0.15, -0.1) is 0 Å². The van der Waals surface area contributed by atoms with Crippen molar-refractivity contribution in [3.8, 4) is 0 Å². The van der Waals surface area contributed by atoms with Crippen LogP contribution < -0.4 is 0 Å². The van der Waals surface area contributed by atoms with Crippen LogP contribution in [0.4, 0.5) is 0 Å². The Morgan fingerprint density at radius 3 is 1.43 bits per heavy atom. The van der Waals surface area contributed by atoms with E-state index in [2.05, 4.69) is 74.6 Å². The van der Waals surface area contributed by atoms with E-state index < -0.39 is 24.3 Å². The van der Waals surface area contributed by atoms with Crippen LogP contribution in [0.5, 0.6) is 0 Å². The van der Waals surface area contributed by atoms with Crippen LogP contribution in [0.2, 0.25) is 0 Å². The minimum atomic E-state index is -1.52. The van der Waals surface area contributed by atoms with E-state index in [9.17, 15) is 19.5 Å². The minimum absolute atomic E-state index is 0.181. The summed E-state index contributed by atoms with van der Waals surface area (Å²) in [6.07, 6.45) is 48.5. The molecule has 0 fully saturated rings. The second-order valence-electron chi connectivity index (χ2n) is 17.0. The first-order valence-corrected chi connectivity index (χ1v) is 24.0. The Kier molecular flexibility index (Phi) is 40.5. The summed E-state index contributed by atoms with van der Waals surface area (Å²) in [7, 11) is 5.95. The van der Waals surface area contributed by atoms with E-state index in [4.69, 9.17) is 18.9 Å². The third-order valence-corrected chi connectivity index (χ3v) is 10.0. The highest BCUT2D eigenvalue weighted by atomic mass is 16.7. The molecule has 0 spiro atoms. The van der Waals surface area contributed by atoms with Crippen molar-refractivity contribution in [1.29, 1.82) is 0 Å². The molecule has 0 aliphatic rings. The summed E-state index contributed by atoms with van der Waals surface area (Å²) in [4.78, 5) is 37.2. The average molecular weight is 845 g/mol. The van der Waals surface area contributed by atoms with Gasteiger partial charge in [0.1, 0.15) is 13.2 Å². The first-order chi connectivity index (χ1) is 29.1. The molecule has 1 N–H and O–H groups in total. The summed E-state index contributed by atoms with van der Waals surface area (Å²) < 4.78 is 22.7. The summed E-state index contributed by atoms with van der Waals surface area (Å²) in [5.41, 5.74) is 0. The Morgan fingerprint density at radius 1 is 0.517 bits per heavy atom. The molecule has 0 radical (unpaired) electrons. The van der Waals surface area contributed by atoms with Crippen molar-refractivity contribution in [3.05, 3.63) is 60.8 Å². The quantitative estimate of drug-likeness (QED) is 0.0212. The molecule has 9 heteroatoms. The van der Waals surface area contributed by atoms with Gasteiger partial charge in [-0.25, -0.2) is 4.79 Å². The fourth-order valence-electron chi connectivity index (χ4n) is 6.29. The third kappa shape index (κ3) is 43.1. The molecule has 9 nitrogen and oxygen atoms in total. The van der Waals surface area contributed by atoms with Crippen molar-refractivity contribution in [2.24, 2.45) is 0 Å². The summed E-state index contributed by atoms with van der Waals surface area (Å²) in [5, 5.41) is 9.65. The zero-order chi connectivity index (χ0) is 44.2. The first kappa shape index (κ1) is 57.0. The monoisotopic (exact) mass is 845 g/mol. The van der Waals surface area contributed by atoms with Gasteiger partial charge in [-0.1, -0.05) is 158 Å². The van der Waals surface area contributed by atoms with Gasteiger partial charge in [-0.05, 0) is 77.0 Å². The minimum Gasteiger partial charge on any atom is -0.477 e. The number of likely N-dealkylation sites (N-methyl/N-ethyl adjacent to an activating group) is 1. The SMILES string of the molecule is CC/C=C\C/C=C\C/C=C\C/C=C\CCCCCCCCC(=O)OC(COC(=O)CCCCCCC/C=C\CCCCCCCCC)COC(OCC[N+](C)(C)C)C(=O)O. The molecule has 2 atom stereocenters. The average Bonchev–Trinajstić information content (AvgIpc) is 3.21. The van der Waals surface area contributed by atoms with Gasteiger partial charge in [0.05, 0.1) is 34.4 Å². The van der Waals surface area contributed by atoms with Crippen molar-refractivity contribution in [1.82, 2.24) is 0 Å². The second kappa shape index (κ2) is 42.7. The van der Waals surface area contributed by atoms with Crippen LogP contribution in [0.3, 0.4) is 0 Å². The summed E-state index contributed by atoms with van der Waals surface area (Å²) >= 11 is 0. The normalized spacial score (nSPS) is 13.4. The molecule has 0 amide bonds. The lowest BCUT2D eigenvalue weighted by molar-refractivity contribution is -0.870. The Bertz CT molecular complexity index is 1170. The Labute approximate surface area is 367 Å². The summed E-state index contributed by atoms with van der Waals surface area (Å²) in [6.45, 7) is 4.72. The summed E-state index contributed by atoms with van der Waals surface area (Å²) in [5.74, 6) is -2.04. The molecule has 0 saturated heterocycles. The summed E-state index contributed by atoms with van der Waals surface area (Å²) in [6, 6.07) is 0.